The number of ether oxygens (including phenoxy) is 1. The number of carboxylic acid groups (broad SMARTS) is 1. The van der Waals surface area contributed by atoms with Crippen LogP contribution in [-0.4, -0.2) is 28.6 Å². The van der Waals surface area contributed by atoms with Crippen molar-refractivity contribution >= 4 is 27.8 Å². The molecule has 0 aliphatic rings. The summed E-state index contributed by atoms with van der Waals surface area (Å²) in [4.78, 5) is 22.7. The third-order valence-corrected chi connectivity index (χ3v) is 2.97. The van der Waals surface area contributed by atoms with Gasteiger partial charge in [0.1, 0.15) is 5.75 Å². The first-order chi connectivity index (χ1) is 9.10. The fraction of sp³-hybridized carbons (Fsp3) is 0.429. The zero-order valence-electron chi connectivity index (χ0n) is 11.9. The average Bonchev–Trinajstić information content (AvgIpc) is 2.29. The number of halogens is 1. The van der Waals surface area contributed by atoms with E-state index in [0.717, 1.165) is 0 Å². The molecular formula is C14H18BrNO4. The van der Waals surface area contributed by atoms with Gasteiger partial charge in [0.05, 0.1) is 10.0 Å². The van der Waals surface area contributed by atoms with Gasteiger partial charge in [-0.25, -0.2) is 4.79 Å². The zero-order valence-corrected chi connectivity index (χ0v) is 13.4. The molecule has 1 aromatic carbocycles. The highest BCUT2D eigenvalue weighted by atomic mass is 79.9. The van der Waals surface area contributed by atoms with Gasteiger partial charge in [-0.3, -0.25) is 4.79 Å². The predicted molar refractivity (Wildman–Crippen MR) is 79.1 cm³/mol. The first-order valence-electron chi connectivity index (χ1n) is 6.11. The second-order valence-corrected chi connectivity index (χ2v) is 6.30. The minimum absolute atomic E-state index is 0.149. The Hall–Kier alpha value is -1.56. The molecule has 20 heavy (non-hydrogen) atoms. The van der Waals surface area contributed by atoms with Crippen molar-refractivity contribution in [2.24, 2.45) is 0 Å². The normalized spacial score (nSPS) is 12.7. The summed E-state index contributed by atoms with van der Waals surface area (Å²) in [5.74, 6) is -0.825. The van der Waals surface area contributed by atoms with Crippen LogP contribution in [0.4, 0.5) is 0 Å². The molecule has 0 saturated carbocycles. The first-order valence-corrected chi connectivity index (χ1v) is 6.91. The van der Waals surface area contributed by atoms with E-state index in [9.17, 15) is 9.59 Å². The fourth-order valence-corrected chi connectivity index (χ4v) is 1.92. The molecular weight excluding hydrogens is 326 g/mol. The van der Waals surface area contributed by atoms with Crippen LogP contribution in [0.5, 0.6) is 5.75 Å². The molecule has 0 aromatic heterocycles. The Morgan fingerprint density at radius 3 is 2.40 bits per heavy atom. The van der Waals surface area contributed by atoms with Crippen molar-refractivity contribution in [2.45, 2.75) is 39.3 Å². The van der Waals surface area contributed by atoms with Gasteiger partial charge in [0.15, 0.2) is 6.10 Å². The van der Waals surface area contributed by atoms with Crippen LogP contribution >= 0.6 is 15.9 Å². The molecule has 0 saturated heterocycles. The lowest BCUT2D eigenvalue weighted by Gasteiger charge is -2.24. The van der Waals surface area contributed by atoms with Crippen molar-refractivity contribution in [1.29, 1.82) is 0 Å². The number of carbonyl (C=O) groups excluding carboxylic acids is 1. The Balaban J connectivity index is 2.78. The van der Waals surface area contributed by atoms with Crippen LogP contribution < -0.4 is 10.1 Å². The molecule has 0 radical (unpaired) electrons. The molecule has 1 rings (SSSR count). The Labute approximate surface area is 126 Å². The number of amides is 1. The highest BCUT2D eigenvalue weighted by Crippen LogP contribution is 2.27. The summed E-state index contributed by atoms with van der Waals surface area (Å²) < 4.78 is 6.03. The molecule has 0 bridgehead atoms. The molecule has 1 atom stereocenters. The van der Waals surface area contributed by atoms with Crippen molar-refractivity contribution in [3.8, 4) is 5.75 Å². The summed E-state index contributed by atoms with van der Waals surface area (Å²) in [5, 5.41) is 11.7. The minimum Gasteiger partial charge on any atom is -0.480 e. The third-order valence-electron chi connectivity index (χ3n) is 2.35. The van der Waals surface area contributed by atoms with E-state index >= 15 is 0 Å². The maximum Gasteiger partial charge on any atom is 0.335 e. The summed E-state index contributed by atoms with van der Waals surface area (Å²) in [6, 6.07) is 4.39. The van der Waals surface area contributed by atoms with Gasteiger partial charge in [0.25, 0.3) is 5.91 Å². The zero-order chi connectivity index (χ0) is 15.5. The van der Waals surface area contributed by atoms with E-state index in [1.165, 1.54) is 18.2 Å². The Morgan fingerprint density at radius 1 is 1.35 bits per heavy atom. The Bertz CT molecular complexity index is 522. The van der Waals surface area contributed by atoms with Crippen LogP contribution in [0, 0.1) is 0 Å². The number of carboxylic acids is 1. The van der Waals surface area contributed by atoms with Crippen molar-refractivity contribution in [3.63, 3.8) is 0 Å². The lowest BCUT2D eigenvalue weighted by atomic mass is 10.1. The van der Waals surface area contributed by atoms with Crippen LogP contribution in [0.15, 0.2) is 22.7 Å². The summed E-state index contributed by atoms with van der Waals surface area (Å²) in [6.07, 6.45) is -0.679. The summed E-state index contributed by atoms with van der Waals surface area (Å²) >= 11 is 3.23. The summed E-state index contributed by atoms with van der Waals surface area (Å²) in [6.45, 7) is 7.29. The largest absolute Gasteiger partial charge is 0.480 e. The molecule has 0 aliphatic heterocycles. The first kappa shape index (κ1) is 16.5. The number of nitrogens with one attached hydrogen (secondary N) is 1. The Kier molecular flexibility index (Phi) is 5.16. The molecule has 1 aromatic rings. The molecule has 6 heteroatoms. The van der Waals surface area contributed by atoms with Gasteiger partial charge >= 0.3 is 5.97 Å². The van der Waals surface area contributed by atoms with Crippen molar-refractivity contribution in [1.82, 2.24) is 5.32 Å². The van der Waals surface area contributed by atoms with E-state index in [1.807, 2.05) is 20.8 Å². The number of carbonyl (C=O) groups is 2. The maximum absolute atomic E-state index is 11.9. The minimum atomic E-state index is -1.02. The van der Waals surface area contributed by atoms with Gasteiger partial charge in [-0.05, 0) is 61.8 Å². The van der Waals surface area contributed by atoms with Crippen molar-refractivity contribution < 1.29 is 19.4 Å². The van der Waals surface area contributed by atoms with E-state index < -0.39 is 12.1 Å². The van der Waals surface area contributed by atoms with Gasteiger partial charge in [0.2, 0.25) is 0 Å². The number of hydrogen-bond donors (Lipinski definition) is 2. The van der Waals surface area contributed by atoms with E-state index in [0.29, 0.717) is 10.2 Å². The smallest absolute Gasteiger partial charge is 0.335 e. The quantitative estimate of drug-likeness (QED) is 0.881. The lowest BCUT2D eigenvalue weighted by molar-refractivity contribution is -0.128. The van der Waals surface area contributed by atoms with Gasteiger partial charge in [-0.1, -0.05) is 0 Å². The second-order valence-electron chi connectivity index (χ2n) is 5.45. The number of benzene rings is 1. The number of rotatable bonds is 4. The SMILES string of the molecule is CC(Oc1ccc(C(=O)O)cc1Br)C(=O)NC(C)(C)C. The number of hydrogen-bond acceptors (Lipinski definition) is 3. The van der Waals surface area contributed by atoms with Gasteiger partial charge in [-0.15, -0.1) is 0 Å². The molecule has 1 amide bonds. The molecule has 5 nitrogen and oxygen atoms in total. The lowest BCUT2D eigenvalue weighted by Crippen LogP contribution is -2.46. The van der Waals surface area contributed by atoms with Crippen LogP contribution in [-0.2, 0) is 4.79 Å². The van der Waals surface area contributed by atoms with Crippen LogP contribution in [0.3, 0.4) is 0 Å². The molecule has 2 N–H and O–H groups in total. The predicted octanol–water partition coefficient (Wildman–Crippen LogP) is 2.83. The highest BCUT2D eigenvalue weighted by molar-refractivity contribution is 9.10. The van der Waals surface area contributed by atoms with Crippen LogP contribution in [0.1, 0.15) is 38.1 Å². The van der Waals surface area contributed by atoms with Gasteiger partial charge < -0.3 is 15.2 Å². The molecule has 0 fully saturated rings. The second kappa shape index (κ2) is 6.26. The maximum atomic E-state index is 11.9. The van der Waals surface area contributed by atoms with E-state index in [4.69, 9.17) is 9.84 Å². The van der Waals surface area contributed by atoms with Gasteiger partial charge in [-0.2, -0.15) is 0 Å². The third kappa shape index (κ3) is 4.85. The molecule has 0 heterocycles. The van der Waals surface area contributed by atoms with E-state index in [-0.39, 0.29) is 17.0 Å². The standard InChI is InChI=1S/C14H18BrNO4/c1-8(12(17)16-14(2,3)4)20-11-6-5-9(13(18)19)7-10(11)15/h5-8H,1-4H3,(H,16,17)(H,18,19). The monoisotopic (exact) mass is 343 g/mol. The van der Waals surface area contributed by atoms with Gasteiger partial charge in [0, 0.05) is 5.54 Å². The summed E-state index contributed by atoms with van der Waals surface area (Å²) in [5.41, 5.74) is -0.185. The summed E-state index contributed by atoms with van der Waals surface area (Å²) in [7, 11) is 0. The molecule has 0 spiro atoms. The van der Waals surface area contributed by atoms with Crippen LogP contribution in [0.25, 0.3) is 0 Å². The van der Waals surface area contributed by atoms with Crippen molar-refractivity contribution in [2.75, 3.05) is 0 Å². The molecule has 1 unspecified atom stereocenters. The van der Waals surface area contributed by atoms with E-state index in [1.54, 1.807) is 6.92 Å². The van der Waals surface area contributed by atoms with Crippen LogP contribution in [0.2, 0.25) is 0 Å². The Morgan fingerprint density at radius 2 is 1.95 bits per heavy atom. The molecule has 0 aliphatic carbocycles. The van der Waals surface area contributed by atoms with E-state index in [2.05, 4.69) is 21.2 Å². The highest BCUT2D eigenvalue weighted by Gasteiger charge is 2.21. The number of aromatic carboxylic acids is 1. The molecule has 110 valence electrons. The van der Waals surface area contributed by atoms with Crippen molar-refractivity contribution in [3.05, 3.63) is 28.2 Å². The fourth-order valence-electron chi connectivity index (χ4n) is 1.44. The topological polar surface area (TPSA) is 75.6 Å². The average molecular weight is 344 g/mol.